The lowest BCUT2D eigenvalue weighted by molar-refractivity contribution is -0.133. The Morgan fingerprint density at radius 2 is 1.87 bits per heavy atom. The molecular weight excluding hydrogens is 291 g/mol. The van der Waals surface area contributed by atoms with Gasteiger partial charge in [0, 0.05) is 25.5 Å². The Morgan fingerprint density at radius 1 is 1.13 bits per heavy atom. The van der Waals surface area contributed by atoms with Crippen LogP contribution in [-0.4, -0.2) is 28.9 Å². The lowest BCUT2D eigenvalue weighted by Crippen LogP contribution is -2.39. The second kappa shape index (κ2) is 7.36. The monoisotopic (exact) mass is 312 g/mol. The van der Waals surface area contributed by atoms with Gasteiger partial charge in [0.25, 0.3) is 0 Å². The maximum atomic E-state index is 13.2. The number of hydrogen-bond acceptors (Lipinski definition) is 2. The second-order valence-electron chi connectivity index (χ2n) is 6.06. The molecule has 3 rings (SSSR count). The minimum Gasteiger partial charge on any atom is -0.342 e. The van der Waals surface area contributed by atoms with E-state index in [1.165, 1.54) is 18.6 Å². The van der Waals surface area contributed by atoms with E-state index in [1.54, 1.807) is 24.5 Å². The second-order valence-corrected chi connectivity index (χ2v) is 6.06. The highest BCUT2D eigenvalue weighted by molar-refractivity contribution is 5.84. The van der Waals surface area contributed by atoms with Crippen molar-refractivity contribution in [1.29, 1.82) is 0 Å². The van der Waals surface area contributed by atoms with Gasteiger partial charge in [-0.15, -0.1) is 0 Å². The van der Waals surface area contributed by atoms with Crippen molar-refractivity contribution in [2.24, 2.45) is 0 Å². The number of carbonyl (C=O) groups is 1. The molecule has 4 heteroatoms. The summed E-state index contributed by atoms with van der Waals surface area (Å²) >= 11 is 0. The van der Waals surface area contributed by atoms with Crippen LogP contribution in [0.3, 0.4) is 0 Å². The van der Waals surface area contributed by atoms with Crippen molar-refractivity contribution in [3.8, 4) is 0 Å². The molecule has 2 heterocycles. The fraction of sp³-hybridized carbons (Fsp3) is 0.368. The Labute approximate surface area is 136 Å². The molecule has 0 spiro atoms. The van der Waals surface area contributed by atoms with Gasteiger partial charge in [-0.25, -0.2) is 4.39 Å². The number of carbonyl (C=O) groups excluding carboxylic acids is 1. The Morgan fingerprint density at radius 3 is 2.52 bits per heavy atom. The van der Waals surface area contributed by atoms with Gasteiger partial charge in [0.2, 0.25) is 5.91 Å². The zero-order valence-corrected chi connectivity index (χ0v) is 13.1. The first-order valence-electron chi connectivity index (χ1n) is 8.17. The van der Waals surface area contributed by atoms with Crippen molar-refractivity contribution in [3.05, 3.63) is 65.7 Å². The molecular formula is C19H21FN2O. The number of pyridine rings is 1. The van der Waals surface area contributed by atoms with Crippen molar-refractivity contribution in [2.45, 2.75) is 31.6 Å². The molecule has 23 heavy (non-hydrogen) atoms. The van der Waals surface area contributed by atoms with Gasteiger partial charge in [0.05, 0.1) is 5.92 Å². The van der Waals surface area contributed by atoms with E-state index in [9.17, 15) is 9.18 Å². The van der Waals surface area contributed by atoms with E-state index < -0.39 is 0 Å². The van der Waals surface area contributed by atoms with Crippen LogP contribution in [-0.2, 0) is 11.2 Å². The van der Waals surface area contributed by atoms with Crippen molar-refractivity contribution in [1.82, 2.24) is 9.88 Å². The van der Waals surface area contributed by atoms with Crippen LogP contribution in [0.25, 0.3) is 0 Å². The van der Waals surface area contributed by atoms with Gasteiger partial charge in [-0.05, 0) is 55.0 Å². The van der Waals surface area contributed by atoms with Crippen LogP contribution < -0.4 is 0 Å². The Kier molecular flexibility index (Phi) is 5.01. The molecule has 3 nitrogen and oxygen atoms in total. The fourth-order valence-electron chi connectivity index (χ4n) is 3.13. The summed E-state index contributed by atoms with van der Waals surface area (Å²) in [6.45, 7) is 1.65. The molecule has 1 aromatic heterocycles. The molecule has 120 valence electrons. The van der Waals surface area contributed by atoms with Gasteiger partial charge in [-0.3, -0.25) is 9.78 Å². The molecule has 1 aliphatic rings. The minimum atomic E-state index is -0.280. The number of benzene rings is 1. The third-order valence-corrected chi connectivity index (χ3v) is 4.40. The van der Waals surface area contributed by atoms with Crippen LogP contribution in [0.1, 0.15) is 36.3 Å². The predicted molar refractivity (Wildman–Crippen MR) is 87.5 cm³/mol. The SMILES string of the molecule is O=C(C(Cc1cccnc1)c1ccc(F)cc1)N1CCCCC1. The van der Waals surface area contributed by atoms with Crippen LogP contribution in [0.4, 0.5) is 4.39 Å². The minimum absolute atomic E-state index is 0.139. The summed E-state index contributed by atoms with van der Waals surface area (Å²) in [5.74, 6) is -0.419. The Bertz CT molecular complexity index is 636. The molecule has 1 aliphatic heterocycles. The molecule has 0 aliphatic carbocycles. The zero-order chi connectivity index (χ0) is 16.1. The van der Waals surface area contributed by atoms with E-state index in [-0.39, 0.29) is 17.6 Å². The first-order valence-corrected chi connectivity index (χ1v) is 8.17. The molecule has 0 bridgehead atoms. The van der Waals surface area contributed by atoms with Crippen LogP contribution in [0, 0.1) is 5.82 Å². The number of hydrogen-bond donors (Lipinski definition) is 0. The molecule has 1 atom stereocenters. The standard InChI is InChI=1S/C19H21FN2O/c20-17-8-6-16(7-9-17)18(13-15-5-4-10-21-14-15)19(23)22-11-2-1-3-12-22/h4-10,14,18H,1-3,11-13H2. The zero-order valence-electron chi connectivity index (χ0n) is 13.1. The van der Waals surface area contributed by atoms with Crippen molar-refractivity contribution < 1.29 is 9.18 Å². The van der Waals surface area contributed by atoms with Gasteiger partial charge in [-0.2, -0.15) is 0 Å². The van der Waals surface area contributed by atoms with Gasteiger partial charge >= 0.3 is 0 Å². The highest BCUT2D eigenvalue weighted by Gasteiger charge is 2.27. The van der Waals surface area contributed by atoms with Gasteiger partial charge in [-0.1, -0.05) is 18.2 Å². The number of aromatic nitrogens is 1. The molecule has 0 saturated carbocycles. The average molecular weight is 312 g/mol. The molecule has 2 aromatic rings. The number of halogens is 1. The first-order chi connectivity index (χ1) is 11.2. The quantitative estimate of drug-likeness (QED) is 0.865. The van der Waals surface area contributed by atoms with E-state index in [2.05, 4.69) is 4.98 Å². The van der Waals surface area contributed by atoms with E-state index >= 15 is 0 Å². The summed E-state index contributed by atoms with van der Waals surface area (Å²) in [4.78, 5) is 19.1. The van der Waals surface area contributed by atoms with Crippen molar-refractivity contribution in [2.75, 3.05) is 13.1 Å². The highest BCUT2D eigenvalue weighted by atomic mass is 19.1. The molecule has 1 unspecified atom stereocenters. The molecule has 1 fully saturated rings. The number of piperidine rings is 1. The summed E-state index contributed by atoms with van der Waals surface area (Å²) < 4.78 is 13.2. The Hall–Kier alpha value is -2.23. The van der Waals surface area contributed by atoms with Crippen LogP contribution >= 0.6 is 0 Å². The van der Waals surface area contributed by atoms with E-state index in [0.717, 1.165) is 37.1 Å². The summed E-state index contributed by atoms with van der Waals surface area (Å²) in [6, 6.07) is 10.1. The van der Waals surface area contributed by atoms with Crippen molar-refractivity contribution in [3.63, 3.8) is 0 Å². The molecule has 0 N–H and O–H groups in total. The topological polar surface area (TPSA) is 33.2 Å². The van der Waals surface area contributed by atoms with Crippen LogP contribution in [0.5, 0.6) is 0 Å². The summed E-state index contributed by atoms with van der Waals surface area (Å²) in [5, 5.41) is 0. The van der Waals surface area contributed by atoms with E-state index in [0.29, 0.717) is 6.42 Å². The molecule has 0 radical (unpaired) electrons. The maximum absolute atomic E-state index is 13.2. The van der Waals surface area contributed by atoms with Crippen LogP contribution in [0.2, 0.25) is 0 Å². The van der Waals surface area contributed by atoms with E-state index in [1.807, 2.05) is 17.0 Å². The smallest absolute Gasteiger partial charge is 0.230 e. The highest BCUT2D eigenvalue weighted by Crippen LogP contribution is 2.25. The van der Waals surface area contributed by atoms with Gasteiger partial charge in [0.1, 0.15) is 5.82 Å². The van der Waals surface area contributed by atoms with E-state index in [4.69, 9.17) is 0 Å². The molecule has 1 amide bonds. The first kappa shape index (κ1) is 15.7. The van der Waals surface area contributed by atoms with Gasteiger partial charge in [0.15, 0.2) is 0 Å². The number of nitrogens with zero attached hydrogens (tertiary/aromatic N) is 2. The number of rotatable bonds is 4. The van der Waals surface area contributed by atoms with Crippen molar-refractivity contribution >= 4 is 5.91 Å². The van der Waals surface area contributed by atoms with Gasteiger partial charge < -0.3 is 4.90 Å². The number of amides is 1. The molecule has 1 aromatic carbocycles. The average Bonchev–Trinajstić information content (AvgIpc) is 2.62. The third kappa shape index (κ3) is 3.95. The third-order valence-electron chi connectivity index (χ3n) is 4.40. The largest absolute Gasteiger partial charge is 0.342 e. The summed E-state index contributed by atoms with van der Waals surface area (Å²) in [7, 11) is 0. The molecule has 1 saturated heterocycles. The lowest BCUT2D eigenvalue weighted by Gasteiger charge is -2.30. The summed E-state index contributed by atoms with van der Waals surface area (Å²) in [6.07, 6.45) is 7.43. The number of likely N-dealkylation sites (tertiary alicyclic amines) is 1. The lowest BCUT2D eigenvalue weighted by atomic mass is 9.90. The normalized spacial score (nSPS) is 16.1. The maximum Gasteiger partial charge on any atom is 0.230 e. The van der Waals surface area contributed by atoms with Crippen LogP contribution in [0.15, 0.2) is 48.8 Å². The summed E-state index contributed by atoms with van der Waals surface area (Å²) in [5.41, 5.74) is 1.89. The fourth-order valence-corrected chi connectivity index (χ4v) is 3.13. The Balaban J connectivity index is 1.85. The predicted octanol–water partition coefficient (Wildman–Crippen LogP) is 3.56.